The van der Waals surface area contributed by atoms with Gasteiger partial charge in [-0.2, -0.15) is 0 Å². The normalized spacial score (nSPS) is 22.5. The van der Waals surface area contributed by atoms with E-state index in [1.165, 1.54) is 45.1 Å². The molecule has 72 valence electrons. The highest BCUT2D eigenvalue weighted by molar-refractivity contribution is 4.72. The van der Waals surface area contributed by atoms with E-state index in [2.05, 4.69) is 19.3 Å². The summed E-state index contributed by atoms with van der Waals surface area (Å²) in [5.41, 5.74) is 0. The second-order valence-corrected chi connectivity index (χ2v) is 4.21. The summed E-state index contributed by atoms with van der Waals surface area (Å²) < 4.78 is 0. The van der Waals surface area contributed by atoms with Crippen molar-refractivity contribution in [3.63, 3.8) is 0 Å². The maximum absolute atomic E-state index is 2.35. The number of quaternary nitrogens is 1. The number of nitrogens with two attached hydrogens (primary N) is 1. The van der Waals surface area contributed by atoms with Crippen LogP contribution < -0.4 is 5.32 Å². The van der Waals surface area contributed by atoms with Gasteiger partial charge >= 0.3 is 0 Å². The lowest BCUT2D eigenvalue weighted by Gasteiger charge is -2.28. The molecule has 1 heteroatoms. The molecule has 1 aliphatic carbocycles. The summed E-state index contributed by atoms with van der Waals surface area (Å²) >= 11 is 0. The molecule has 1 fully saturated rings. The van der Waals surface area contributed by atoms with Gasteiger partial charge in [0.1, 0.15) is 0 Å². The standard InChI is InChI=1S/C11H23N/c1-3-10(9-12-2)11-7-5-4-6-8-11/h10-12H,3-9H2,1-2H3/p+1/t10-/m1/s1. The molecule has 0 heterocycles. The Labute approximate surface area is 76.9 Å². The molecule has 0 amide bonds. The van der Waals surface area contributed by atoms with E-state index >= 15 is 0 Å². The highest BCUT2D eigenvalue weighted by Crippen LogP contribution is 2.30. The number of hydrogen-bond donors (Lipinski definition) is 1. The van der Waals surface area contributed by atoms with Crippen molar-refractivity contribution in [2.45, 2.75) is 45.4 Å². The maximum atomic E-state index is 2.35. The van der Waals surface area contributed by atoms with Gasteiger partial charge in [0, 0.05) is 5.92 Å². The first kappa shape index (κ1) is 10.0. The largest absolute Gasteiger partial charge is 0.348 e. The van der Waals surface area contributed by atoms with Crippen LogP contribution in [0.25, 0.3) is 0 Å². The molecule has 1 aliphatic rings. The van der Waals surface area contributed by atoms with E-state index in [0.29, 0.717) is 0 Å². The Hall–Kier alpha value is -0.0400. The van der Waals surface area contributed by atoms with Gasteiger partial charge in [0.15, 0.2) is 0 Å². The Morgan fingerprint density at radius 3 is 2.42 bits per heavy atom. The Bertz CT molecular complexity index is 103. The third-order valence-electron chi connectivity index (χ3n) is 3.38. The van der Waals surface area contributed by atoms with Crippen molar-refractivity contribution in [1.29, 1.82) is 0 Å². The molecule has 0 aromatic heterocycles. The van der Waals surface area contributed by atoms with Crippen LogP contribution in [0.5, 0.6) is 0 Å². The molecule has 0 aromatic rings. The Morgan fingerprint density at radius 2 is 1.92 bits per heavy atom. The molecule has 12 heavy (non-hydrogen) atoms. The lowest BCUT2D eigenvalue weighted by molar-refractivity contribution is -0.634. The van der Waals surface area contributed by atoms with Crippen LogP contribution in [-0.4, -0.2) is 13.6 Å². The highest BCUT2D eigenvalue weighted by atomic mass is 14.8. The van der Waals surface area contributed by atoms with Gasteiger partial charge in [-0.3, -0.25) is 0 Å². The topological polar surface area (TPSA) is 16.6 Å². The van der Waals surface area contributed by atoms with E-state index in [4.69, 9.17) is 0 Å². The van der Waals surface area contributed by atoms with Crippen LogP contribution in [0.2, 0.25) is 0 Å². The zero-order chi connectivity index (χ0) is 8.81. The minimum Gasteiger partial charge on any atom is -0.348 e. The average Bonchev–Trinajstić information content (AvgIpc) is 2.15. The van der Waals surface area contributed by atoms with E-state index in [1.54, 1.807) is 0 Å². The van der Waals surface area contributed by atoms with E-state index in [-0.39, 0.29) is 0 Å². The molecule has 0 saturated heterocycles. The smallest absolute Gasteiger partial charge is 0.0784 e. The van der Waals surface area contributed by atoms with Gasteiger partial charge in [-0.25, -0.2) is 0 Å². The van der Waals surface area contributed by atoms with Crippen LogP contribution in [0, 0.1) is 11.8 Å². The summed E-state index contributed by atoms with van der Waals surface area (Å²) in [7, 11) is 2.20. The number of hydrogen-bond acceptors (Lipinski definition) is 0. The molecule has 0 aromatic carbocycles. The van der Waals surface area contributed by atoms with E-state index in [0.717, 1.165) is 11.8 Å². The SMILES string of the molecule is CC[C@H](C[NH2+]C)C1CCCCC1. The summed E-state index contributed by atoms with van der Waals surface area (Å²) in [6.07, 6.45) is 8.87. The first-order valence-corrected chi connectivity index (χ1v) is 5.66. The van der Waals surface area contributed by atoms with Gasteiger partial charge in [-0.05, 0) is 25.2 Å². The predicted molar refractivity (Wildman–Crippen MR) is 53.1 cm³/mol. The first-order chi connectivity index (χ1) is 5.88. The van der Waals surface area contributed by atoms with Crippen molar-refractivity contribution >= 4 is 0 Å². The van der Waals surface area contributed by atoms with Gasteiger partial charge in [-0.15, -0.1) is 0 Å². The first-order valence-electron chi connectivity index (χ1n) is 5.66. The minimum atomic E-state index is 0.996. The summed E-state index contributed by atoms with van der Waals surface area (Å²) in [5, 5.41) is 2.35. The molecule has 0 bridgehead atoms. The Balaban J connectivity index is 2.29. The van der Waals surface area contributed by atoms with Crippen LogP contribution in [0.1, 0.15) is 45.4 Å². The maximum Gasteiger partial charge on any atom is 0.0784 e. The van der Waals surface area contributed by atoms with Crippen molar-refractivity contribution in [2.24, 2.45) is 11.8 Å². The second kappa shape index (κ2) is 5.58. The molecule has 0 unspecified atom stereocenters. The predicted octanol–water partition coefficient (Wildman–Crippen LogP) is 1.79. The molecule has 1 rings (SSSR count). The van der Waals surface area contributed by atoms with Gasteiger partial charge in [-0.1, -0.05) is 26.2 Å². The van der Waals surface area contributed by atoms with Gasteiger partial charge in [0.05, 0.1) is 13.6 Å². The van der Waals surface area contributed by atoms with Crippen LogP contribution in [0.15, 0.2) is 0 Å². The van der Waals surface area contributed by atoms with E-state index in [1.807, 2.05) is 0 Å². The second-order valence-electron chi connectivity index (χ2n) is 4.21. The van der Waals surface area contributed by atoms with Gasteiger partial charge in [0.25, 0.3) is 0 Å². The van der Waals surface area contributed by atoms with Crippen molar-refractivity contribution < 1.29 is 5.32 Å². The average molecular weight is 170 g/mol. The van der Waals surface area contributed by atoms with Crippen LogP contribution >= 0.6 is 0 Å². The molecule has 0 spiro atoms. The quantitative estimate of drug-likeness (QED) is 0.662. The lowest BCUT2D eigenvalue weighted by Crippen LogP contribution is -2.81. The van der Waals surface area contributed by atoms with Crippen LogP contribution in [-0.2, 0) is 0 Å². The Morgan fingerprint density at radius 1 is 1.25 bits per heavy atom. The van der Waals surface area contributed by atoms with Crippen molar-refractivity contribution in [2.75, 3.05) is 13.6 Å². The fraction of sp³-hybridized carbons (Fsp3) is 1.00. The fourth-order valence-electron chi connectivity index (χ4n) is 2.60. The fourth-order valence-corrected chi connectivity index (χ4v) is 2.60. The number of rotatable bonds is 4. The van der Waals surface area contributed by atoms with Crippen molar-refractivity contribution in [1.82, 2.24) is 0 Å². The zero-order valence-electron chi connectivity index (χ0n) is 8.68. The summed E-state index contributed by atoms with van der Waals surface area (Å²) in [5.74, 6) is 2.05. The molecule has 2 N–H and O–H groups in total. The summed E-state index contributed by atoms with van der Waals surface area (Å²) in [4.78, 5) is 0. The molecular weight excluding hydrogens is 146 g/mol. The van der Waals surface area contributed by atoms with Gasteiger partial charge < -0.3 is 5.32 Å². The molecule has 1 nitrogen and oxygen atoms in total. The lowest BCUT2D eigenvalue weighted by atomic mass is 9.79. The molecule has 0 radical (unpaired) electrons. The van der Waals surface area contributed by atoms with E-state index in [9.17, 15) is 0 Å². The molecule has 1 saturated carbocycles. The third kappa shape index (κ3) is 2.78. The highest BCUT2D eigenvalue weighted by Gasteiger charge is 2.22. The molecular formula is C11H24N+. The van der Waals surface area contributed by atoms with Gasteiger partial charge in [0.2, 0.25) is 0 Å². The summed E-state index contributed by atoms with van der Waals surface area (Å²) in [6.45, 7) is 3.70. The summed E-state index contributed by atoms with van der Waals surface area (Å²) in [6, 6.07) is 0. The van der Waals surface area contributed by atoms with E-state index < -0.39 is 0 Å². The minimum absolute atomic E-state index is 0.996. The monoisotopic (exact) mass is 170 g/mol. The van der Waals surface area contributed by atoms with Crippen LogP contribution in [0.3, 0.4) is 0 Å². The Kier molecular flexibility index (Phi) is 4.67. The van der Waals surface area contributed by atoms with Crippen molar-refractivity contribution in [3.8, 4) is 0 Å². The zero-order valence-corrected chi connectivity index (χ0v) is 8.68. The van der Waals surface area contributed by atoms with Crippen LogP contribution in [0.4, 0.5) is 0 Å². The third-order valence-corrected chi connectivity index (χ3v) is 3.38. The van der Waals surface area contributed by atoms with Crippen molar-refractivity contribution in [3.05, 3.63) is 0 Å². The molecule has 0 aliphatic heterocycles. The molecule has 1 atom stereocenters.